The molecule has 1 saturated carbocycles. The minimum Gasteiger partial charge on any atom is -0.487 e. The summed E-state index contributed by atoms with van der Waals surface area (Å²) in [5, 5.41) is 0. The van der Waals surface area contributed by atoms with Gasteiger partial charge in [0.25, 0.3) is 15.9 Å². The Balaban J connectivity index is 1.40. The van der Waals surface area contributed by atoms with Crippen LogP contribution in [0.25, 0.3) is 11.3 Å². The van der Waals surface area contributed by atoms with Gasteiger partial charge in [0.15, 0.2) is 5.75 Å². The second-order valence-electron chi connectivity index (χ2n) is 12.7. The van der Waals surface area contributed by atoms with Crippen molar-refractivity contribution in [3.05, 3.63) is 83.4 Å². The maximum Gasteiger partial charge on any atom is 0.264 e. The zero-order valence-corrected chi connectivity index (χ0v) is 28.0. The van der Waals surface area contributed by atoms with Crippen LogP contribution in [0.2, 0.25) is 0 Å². The van der Waals surface area contributed by atoms with E-state index in [9.17, 15) is 13.2 Å². The molecule has 0 saturated heterocycles. The highest BCUT2D eigenvalue weighted by molar-refractivity contribution is 7.92. The molecule has 1 fully saturated rings. The van der Waals surface area contributed by atoms with Gasteiger partial charge in [0.2, 0.25) is 11.8 Å². The number of nitrogens with zero attached hydrogens (tertiary/aromatic N) is 5. The van der Waals surface area contributed by atoms with Gasteiger partial charge in [-0.1, -0.05) is 38.1 Å². The highest BCUT2D eigenvalue weighted by Crippen LogP contribution is 2.31. The van der Waals surface area contributed by atoms with E-state index in [2.05, 4.69) is 38.5 Å². The highest BCUT2D eigenvalue weighted by Gasteiger charge is 2.30. The van der Waals surface area contributed by atoms with Crippen molar-refractivity contribution in [2.45, 2.75) is 83.4 Å². The fraction of sp³-hybridized carbons (Fsp3) is 0.400. The standard InChI is InChI=1S/C35H40N6O5S/c1-22(2)15-26-21-45-32-17-30(33-23(3)9-7-10-24(33)4)38-35(39-32)40-47(43,44)29-14-8-11-25(16-29)34(42)41(26)20-31-36-18-28(19-37-31)46-27-12-5-6-13-27/h7-11,14,16-19,22,26-27H,5-6,12-13,15,20-21H2,1-4H3,(H,38,39,40)/t26-/m1/s1. The summed E-state index contributed by atoms with van der Waals surface area (Å²) in [5.74, 6) is 0.941. The maximum absolute atomic E-state index is 14.3. The van der Waals surface area contributed by atoms with Crippen LogP contribution in [0.15, 0.2) is 65.8 Å². The molecule has 246 valence electrons. The predicted octanol–water partition coefficient (Wildman–Crippen LogP) is 6.12. The van der Waals surface area contributed by atoms with Crippen molar-refractivity contribution < 1.29 is 22.7 Å². The summed E-state index contributed by atoms with van der Waals surface area (Å²) in [4.78, 5) is 34.0. The number of sulfonamides is 1. The fourth-order valence-corrected chi connectivity index (χ4v) is 7.24. The van der Waals surface area contributed by atoms with Crippen LogP contribution >= 0.6 is 0 Å². The third-order valence-corrected chi connectivity index (χ3v) is 9.85. The summed E-state index contributed by atoms with van der Waals surface area (Å²) in [5.41, 5.74) is 3.55. The number of nitrogens with one attached hydrogen (secondary N) is 1. The number of anilines is 1. The summed E-state index contributed by atoms with van der Waals surface area (Å²) in [6.45, 7) is 8.28. The van der Waals surface area contributed by atoms with Crippen LogP contribution in [0.5, 0.6) is 11.6 Å². The molecule has 1 aliphatic carbocycles. The van der Waals surface area contributed by atoms with Crippen LogP contribution in [-0.4, -0.2) is 57.9 Å². The maximum atomic E-state index is 14.3. The number of carbonyl (C=O) groups is 1. The van der Waals surface area contributed by atoms with Gasteiger partial charge in [0.1, 0.15) is 12.4 Å². The van der Waals surface area contributed by atoms with E-state index in [-0.39, 0.29) is 53.4 Å². The van der Waals surface area contributed by atoms with Crippen molar-refractivity contribution in [2.24, 2.45) is 5.92 Å². The topological polar surface area (TPSA) is 136 Å². The van der Waals surface area contributed by atoms with Gasteiger partial charge in [-0.15, -0.1) is 0 Å². The molecule has 2 aromatic heterocycles. The zero-order chi connectivity index (χ0) is 33.1. The van der Waals surface area contributed by atoms with Gasteiger partial charge in [-0.05, 0) is 81.2 Å². The average Bonchev–Trinajstić information content (AvgIpc) is 3.55. The first-order chi connectivity index (χ1) is 22.6. The summed E-state index contributed by atoms with van der Waals surface area (Å²) in [6, 6.07) is 13.2. The van der Waals surface area contributed by atoms with Gasteiger partial charge in [-0.2, -0.15) is 4.98 Å². The molecule has 1 aliphatic heterocycles. The predicted molar refractivity (Wildman–Crippen MR) is 178 cm³/mol. The molecule has 2 aromatic carbocycles. The van der Waals surface area contributed by atoms with Crippen LogP contribution in [0.4, 0.5) is 5.95 Å². The molecule has 4 aromatic rings. The van der Waals surface area contributed by atoms with Crippen LogP contribution in [-0.2, 0) is 16.6 Å². The lowest BCUT2D eigenvalue weighted by atomic mass is 10.00. The van der Waals surface area contributed by atoms with Crippen LogP contribution < -0.4 is 14.2 Å². The van der Waals surface area contributed by atoms with E-state index < -0.39 is 16.1 Å². The normalized spacial score (nSPS) is 18.1. The molecule has 1 atom stereocenters. The Labute approximate surface area is 275 Å². The Morgan fingerprint density at radius 1 is 1.00 bits per heavy atom. The molecule has 1 N–H and O–H groups in total. The van der Waals surface area contributed by atoms with E-state index in [1.165, 1.54) is 12.1 Å². The number of hydrogen-bond donors (Lipinski definition) is 1. The van der Waals surface area contributed by atoms with Crippen molar-refractivity contribution in [3.63, 3.8) is 0 Å². The molecule has 6 rings (SSSR count). The first-order valence-corrected chi connectivity index (χ1v) is 17.5. The van der Waals surface area contributed by atoms with E-state index >= 15 is 0 Å². The molecule has 12 heteroatoms. The summed E-state index contributed by atoms with van der Waals surface area (Å²) < 4.78 is 42.1. The summed E-state index contributed by atoms with van der Waals surface area (Å²) in [6.07, 6.45) is 8.42. The van der Waals surface area contributed by atoms with E-state index in [0.717, 1.165) is 42.4 Å². The van der Waals surface area contributed by atoms with Gasteiger partial charge in [0, 0.05) is 17.2 Å². The Kier molecular flexibility index (Phi) is 9.40. The Morgan fingerprint density at radius 3 is 2.40 bits per heavy atom. The Bertz CT molecular complexity index is 1840. The van der Waals surface area contributed by atoms with Gasteiger partial charge < -0.3 is 14.4 Å². The van der Waals surface area contributed by atoms with Crippen molar-refractivity contribution in [1.82, 2.24) is 24.8 Å². The SMILES string of the molecule is Cc1cccc(C)c1-c1cc2nc(n1)NS(=O)(=O)c1cccc(c1)C(=O)N(Cc1ncc(OC3CCCC3)cn1)[C@H](CC(C)C)CO2. The lowest BCUT2D eigenvalue weighted by Crippen LogP contribution is -2.44. The van der Waals surface area contributed by atoms with Crippen LogP contribution in [0.1, 0.15) is 73.3 Å². The number of fused-ring (bicyclic) bond motifs is 4. The zero-order valence-electron chi connectivity index (χ0n) is 27.1. The number of aryl methyl sites for hydroxylation is 2. The Morgan fingerprint density at radius 2 is 1.70 bits per heavy atom. The minimum absolute atomic E-state index is 0.0845. The molecule has 11 nitrogen and oxygen atoms in total. The number of benzene rings is 2. The number of hydrogen-bond acceptors (Lipinski definition) is 9. The van der Waals surface area contributed by atoms with Gasteiger partial charge in [-0.3, -0.25) is 4.79 Å². The monoisotopic (exact) mass is 656 g/mol. The molecular formula is C35H40N6O5S. The molecule has 0 radical (unpaired) electrons. The molecule has 0 spiro atoms. The van der Waals surface area contributed by atoms with Crippen LogP contribution in [0, 0.1) is 19.8 Å². The van der Waals surface area contributed by atoms with Crippen molar-refractivity contribution in [1.29, 1.82) is 0 Å². The molecule has 1 amide bonds. The van der Waals surface area contributed by atoms with Gasteiger partial charge in [0.05, 0.1) is 41.7 Å². The third kappa shape index (κ3) is 7.54. The lowest BCUT2D eigenvalue weighted by Gasteiger charge is -2.32. The Hall–Kier alpha value is -4.58. The summed E-state index contributed by atoms with van der Waals surface area (Å²) >= 11 is 0. The number of amides is 1. The number of carbonyl (C=O) groups excluding carboxylic acids is 1. The number of rotatable bonds is 7. The molecule has 47 heavy (non-hydrogen) atoms. The quantitative estimate of drug-likeness (QED) is 0.249. The first-order valence-electron chi connectivity index (χ1n) is 16.1. The molecule has 3 heterocycles. The molecule has 4 bridgehead atoms. The molecular weight excluding hydrogens is 616 g/mol. The second kappa shape index (κ2) is 13.6. The van der Waals surface area contributed by atoms with E-state index in [0.29, 0.717) is 23.7 Å². The number of aromatic nitrogens is 4. The van der Waals surface area contributed by atoms with E-state index in [4.69, 9.17) is 9.47 Å². The average molecular weight is 657 g/mol. The largest absolute Gasteiger partial charge is 0.487 e. The fourth-order valence-electron chi connectivity index (χ4n) is 6.25. The van der Waals surface area contributed by atoms with Crippen molar-refractivity contribution >= 4 is 21.9 Å². The van der Waals surface area contributed by atoms with Gasteiger partial charge in [-0.25, -0.2) is 28.1 Å². The number of ether oxygens (including phenoxy) is 2. The van der Waals surface area contributed by atoms with E-state index in [1.54, 1.807) is 35.5 Å². The van der Waals surface area contributed by atoms with Gasteiger partial charge >= 0.3 is 0 Å². The highest BCUT2D eigenvalue weighted by atomic mass is 32.2. The smallest absolute Gasteiger partial charge is 0.264 e. The minimum atomic E-state index is -4.17. The molecule has 0 unspecified atom stereocenters. The van der Waals surface area contributed by atoms with Crippen LogP contribution in [0.3, 0.4) is 0 Å². The van der Waals surface area contributed by atoms with Crippen molar-refractivity contribution in [2.75, 3.05) is 11.3 Å². The molecule has 2 aliphatic rings. The lowest BCUT2D eigenvalue weighted by molar-refractivity contribution is 0.0545. The summed E-state index contributed by atoms with van der Waals surface area (Å²) in [7, 11) is -4.17. The van der Waals surface area contributed by atoms with Crippen molar-refractivity contribution in [3.8, 4) is 22.9 Å². The first kappa shape index (κ1) is 32.4. The van der Waals surface area contributed by atoms with E-state index in [1.807, 2.05) is 32.0 Å². The second-order valence-corrected chi connectivity index (χ2v) is 14.4. The third-order valence-electron chi connectivity index (χ3n) is 8.52.